The third-order valence-corrected chi connectivity index (χ3v) is 3.14. The van der Waals surface area contributed by atoms with Crippen molar-refractivity contribution in [3.8, 4) is 0 Å². The maximum Gasteiger partial charge on any atom is 0.274 e. The molecule has 0 amide bonds. The van der Waals surface area contributed by atoms with Gasteiger partial charge in [-0.05, 0) is 36.8 Å². The van der Waals surface area contributed by atoms with Gasteiger partial charge in [0, 0.05) is 12.6 Å². The van der Waals surface area contributed by atoms with Crippen molar-refractivity contribution in [1.82, 2.24) is 0 Å². The van der Waals surface area contributed by atoms with Gasteiger partial charge >= 0.3 is 0 Å². The monoisotopic (exact) mass is 294 g/mol. The molecule has 0 aliphatic rings. The number of nitro groups is 1. The van der Waals surface area contributed by atoms with Crippen molar-refractivity contribution in [3.05, 3.63) is 68.5 Å². The maximum absolute atomic E-state index is 13.2. The lowest BCUT2D eigenvalue weighted by atomic mass is 10.1. The van der Waals surface area contributed by atoms with E-state index in [2.05, 4.69) is 5.32 Å². The van der Waals surface area contributed by atoms with Crippen molar-refractivity contribution in [2.75, 3.05) is 5.32 Å². The Balaban J connectivity index is 2.22. The summed E-state index contributed by atoms with van der Waals surface area (Å²) in [4.78, 5) is 10.4. The van der Waals surface area contributed by atoms with Gasteiger partial charge in [-0.1, -0.05) is 17.7 Å². The van der Waals surface area contributed by atoms with Crippen LogP contribution in [-0.4, -0.2) is 4.92 Å². The molecule has 1 N–H and O–H groups in total. The minimum Gasteiger partial charge on any atom is -0.379 e. The highest BCUT2D eigenvalue weighted by atomic mass is 35.5. The van der Waals surface area contributed by atoms with E-state index in [1.807, 2.05) is 13.0 Å². The SMILES string of the molecule is Cc1ccc(NCc2cc(F)ccc2[N+](=O)[O-])c(Cl)c1. The number of nitro benzene ring substituents is 1. The molecule has 0 aliphatic heterocycles. The molecule has 104 valence electrons. The van der Waals surface area contributed by atoms with Crippen molar-refractivity contribution in [3.63, 3.8) is 0 Å². The van der Waals surface area contributed by atoms with Crippen LogP contribution in [0.3, 0.4) is 0 Å². The number of hydrogen-bond donors (Lipinski definition) is 1. The van der Waals surface area contributed by atoms with Crippen molar-refractivity contribution in [1.29, 1.82) is 0 Å². The second kappa shape index (κ2) is 5.88. The predicted molar refractivity (Wildman–Crippen MR) is 76.6 cm³/mol. The Hall–Kier alpha value is -2.14. The first kappa shape index (κ1) is 14.3. The summed E-state index contributed by atoms with van der Waals surface area (Å²) in [7, 11) is 0. The summed E-state index contributed by atoms with van der Waals surface area (Å²) in [6.45, 7) is 2.03. The van der Waals surface area contributed by atoms with Crippen molar-refractivity contribution in [2.45, 2.75) is 13.5 Å². The smallest absolute Gasteiger partial charge is 0.274 e. The summed E-state index contributed by atoms with van der Waals surface area (Å²) in [6.07, 6.45) is 0. The number of nitrogens with zero attached hydrogens (tertiary/aromatic N) is 1. The van der Waals surface area contributed by atoms with Gasteiger partial charge in [0.2, 0.25) is 0 Å². The topological polar surface area (TPSA) is 55.2 Å². The van der Waals surface area contributed by atoms with Crippen molar-refractivity contribution >= 4 is 23.0 Å². The molecule has 0 aliphatic carbocycles. The van der Waals surface area contributed by atoms with Crippen molar-refractivity contribution < 1.29 is 9.31 Å². The number of rotatable bonds is 4. The minimum atomic E-state index is -0.535. The molecule has 6 heteroatoms. The molecule has 0 fully saturated rings. The zero-order valence-corrected chi connectivity index (χ0v) is 11.4. The van der Waals surface area contributed by atoms with E-state index in [1.165, 1.54) is 0 Å². The molecule has 0 saturated carbocycles. The summed E-state index contributed by atoms with van der Waals surface area (Å²) in [5.74, 6) is -0.512. The van der Waals surface area contributed by atoms with Crippen LogP contribution in [0.5, 0.6) is 0 Å². The summed E-state index contributed by atoms with van der Waals surface area (Å²) in [5, 5.41) is 14.4. The lowest BCUT2D eigenvalue weighted by Crippen LogP contribution is -2.04. The number of nitrogens with one attached hydrogen (secondary N) is 1. The van der Waals surface area contributed by atoms with Crippen LogP contribution >= 0.6 is 11.6 Å². The van der Waals surface area contributed by atoms with Crippen LogP contribution in [0.25, 0.3) is 0 Å². The van der Waals surface area contributed by atoms with E-state index in [9.17, 15) is 14.5 Å². The van der Waals surface area contributed by atoms with E-state index in [0.717, 1.165) is 23.8 Å². The van der Waals surface area contributed by atoms with E-state index < -0.39 is 10.7 Å². The Kier molecular flexibility index (Phi) is 4.20. The van der Waals surface area contributed by atoms with Crippen molar-refractivity contribution in [2.24, 2.45) is 0 Å². The third kappa shape index (κ3) is 3.24. The molecule has 2 aromatic carbocycles. The van der Waals surface area contributed by atoms with Gasteiger partial charge in [-0.15, -0.1) is 0 Å². The summed E-state index contributed by atoms with van der Waals surface area (Å²) >= 11 is 6.06. The average molecular weight is 295 g/mol. The van der Waals surface area contributed by atoms with Crippen LogP contribution in [0.2, 0.25) is 5.02 Å². The molecule has 0 saturated heterocycles. The van der Waals surface area contributed by atoms with Gasteiger partial charge in [-0.2, -0.15) is 0 Å². The highest BCUT2D eigenvalue weighted by molar-refractivity contribution is 6.33. The molecule has 2 aromatic rings. The molecular weight excluding hydrogens is 283 g/mol. The Bertz CT molecular complexity index is 662. The van der Waals surface area contributed by atoms with Gasteiger partial charge in [0.25, 0.3) is 5.69 Å². The van der Waals surface area contributed by atoms with E-state index in [4.69, 9.17) is 11.6 Å². The molecule has 20 heavy (non-hydrogen) atoms. The molecule has 0 heterocycles. The quantitative estimate of drug-likeness (QED) is 0.675. The van der Waals surface area contributed by atoms with Gasteiger partial charge < -0.3 is 5.32 Å². The second-order valence-electron chi connectivity index (χ2n) is 4.37. The van der Waals surface area contributed by atoms with E-state index in [0.29, 0.717) is 10.7 Å². The predicted octanol–water partition coefficient (Wildman–Crippen LogP) is 4.31. The van der Waals surface area contributed by atoms with Crippen LogP contribution in [0.4, 0.5) is 15.8 Å². The number of anilines is 1. The fourth-order valence-electron chi connectivity index (χ4n) is 1.83. The summed E-state index contributed by atoms with van der Waals surface area (Å²) in [5.41, 5.74) is 1.81. The number of benzene rings is 2. The van der Waals surface area contributed by atoms with Crippen LogP contribution in [-0.2, 0) is 6.54 Å². The average Bonchev–Trinajstić information content (AvgIpc) is 2.37. The molecular formula is C14H12ClFN2O2. The fourth-order valence-corrected chi connectivity index (χ4v) is 2.13. The van der Waals surface area contributed by atoms with Crippen LogP contribution < -0.4 is 5.32 Å². The highest BCUT2D eigenvalue weighted by Gasteiger charge is 2.14. The molecule has 0 atom stereocenters. The Morgan fingerprint density at radius 3 is 2.70 bits per heavy atom. The lowest BCUT2D eigenvalue weighted by Gasteiger charge is -2.09. The Morgan fingerprint density at radius 2 is 2.05 bits per heavy atom. The molecule has 0 spiro atoms. The summed E-state index contributed by atoms with van der Waals surface area (Å²) in [6, 6.07) is 8.80. The number of halogens is 2. The van der Waals surface area contributed by atoms with Crippen LogP contribution in [0.1, 0.15) is 11.1 Å². The number of hydrogen-bond acceptors (Lipinski definition) is 3. The van der Waals surface area contributed by atoms with E-state index in [1.54, 1.807) is 12.1 Å². The van der Waals surface area contributed by atoms with Crippen LogP contribution in [0.15, 0.2) is 36.4 Å². The van der Waals surface area contributed by atoms with E-state index >= 15 is 0 Å². The molecule has 0 bridgehead atoms. The standard InChI is InChI=1S/C14H12ClFN2O2/c1-9-2-4-13(12(15)6-9)17-8-10-7-11(16)3-5-14(10)18(19)20/h2-7,17H,8H2,1H3. The van der Waals surface area contributed by atoms with Gasteiger partial charge in [0.05, 0.1) is 21.2 Å². The van der Waals surface area contributed by atoms with Gasteiger partial charge in [-0.3, -0.25) is 10.1 Å². The normalized spacial score (nSPS) is 10.3. The first-order valence-corrected chi connectivity index (χ1v) is 6.28. The Morgan fingerprint density at radius 1 is 1.30 bits per heavy atom. The zero-order chi connectivity index (χ0) is 14.7. The van der Waals surface area contributed by atoms with Gasteiger partial charge in [-0.25, -0.2) is 4.39 Å². The first-order chi connectivity index (χ1) is 9.47. The van der Waals surface area contributed by atoms with Gasteiger partial charge in [0.15, 0.2) is 0 Å². The second-order valence-corrected chi connectivity index (χ2v) is 4.77. The highest BCUT2D eigenvalue weighted by Crippen LogP contribution is 2.25. The third-order valence-electron chi connectivity index (χ3n) is 2.83. The molecule has 0 unspecified atom stereocenters. The number of aryl methyl sites for hydroxylation is 1. The lowest BCUT2D eigenvalue weighted by molar-refractivity contribution is -0.385. The zero-order valence-electron chi connectivity index (χ0n) is 10.7. The minimum absolute atomic E-state index is 0.122. The maximum atomic E-state index is 13.2. The van der Waals surface area contributed by atoms with E-state index in [-0.39, 0.29) is 17.8 Å². The first-order valence-electron chi connectivity index (χ1n) is 5.90. The molecule has 0 aromatic heterocycles. The largest absolute Gasteiger partial charge is 0.379 e. The summed E-state index contributed by atoms with van der Waals surface area (Å²) < 4.78 is 13.2. The Labute approximate surface area is 120 Å². The van der Waals surface area contributed by atoms with Crippen LogP contribution in [0, 0.1) is 22.9 Å². The van der Waals surface area contributed by atoms with Gasteiger partial charge in [0.1, 0.15) is 5.82 Å². The molecule has 2 rings (SSSR count). The molecule has 0 radical (unpaired) electrons. The molecule has 4 nitrogen and oxygen atoms in total. The fraction of sp³-hybridized carbons (Fsp3) is 0.143.